The molecule has 0 amide bonds. The first-order valence-electron chi connectivity index (χ1n) is 11.0. The van der Waals surface area contributed by atoms with Crippen molar-refractivity contribution in [2.24, 2.45) is 0 Å². The molecule has 1 N–H and O–H groups in total. The number of aliphatic carboxylic acids is 1. The zero-order chi connectivity index (χ0) is 23.8. The molecule has 1 aliphatic rings. The van der Waals surface area contributed by atoms with E-state index in [4.69, 9.17) is 0 Å². The molecule has 0 atom stereocenters. The maximum Gasteiger partial charge on any atom is 1.00 e. The number of rotatable bonds is 10. The van der Waals surface area contributed by atoms with Gasteiger partial charge in [0.2, 0.25) is 0 Å². The van der Waals surface area contributed by atoms with E-state index in [9.17, 15) is 19.5 Å². The largest absolute Gasteiger partial charge is 1.00 e. The van der Waals surface area contributed by atoms with Gasteiger partial charge >= 0.3 is 29.6 Å². The summed E-state index contributed by atoms with van der Waals surface area (Å²) in [4.78, 5) is 37.8. The topological polar surface area (TPSA) is 111 Å². The van der Waals surface area contributed by atoms with Crippen LogP contribution in [-0.4, -0.2) is 50.7 Å². The summed E-state index contributed by atoms with van der Waals surface area (Å²) in [5.41, 5.74) is 5.44. The summed E-state index contributed by atoms with van der Waals surface area (Å²) >= 11 is 0. The quantitative estimate of drug-likeness (QED) is 0.262. The van der Waals surface area contributed by atoms with Crippen molar-refractivity contribution >= 4 is 41.6 Å². The summed E-state index contributed by atoms with van der Waals surface area (Å²) in [6, 6.07) is 15.6. The Morgan fingerprint density at radius 1 is 0.886 bits per heavy atom. The van der Waals surface area contributed by atoms with Crippen molar-refractivity contribution in [3.63, 3.8) is 0 Å². The third-order valence-corrected chi connectivity index (χ3v) is 5.80. The number of hydrogen-bond donors (Lipinski definition) is 0. The van der Waals surface area contributed by atoms with E-state index in [0.29, 0.717) is 32.4 Å². The third-order valence-electron chi connectivity index (χ3n) is 5.80. The fourth-order valence-corrected chi connectivity index (χ4v) is 3.76. The minimum absolute atomic E-state index is 0. The second-order valence-corrected chi connectivity index (χ2v) is 8.21. The Bertz CT molecular complexity index is 1060. The average Bonchev–Trinajstić information content (AvgIpc) is 3.15. The number of carboxylic acid groups (broad SMARTS) is 1. The van der Waals surface area contributed by atoms with Crippen LogP contribution in [0.3, 0.4) is 0 Å². The zero-order valence-electron chi connectivity index (χ0n) is 20.5. The molecule has 0 spiro atoms. The van der Waals surface area contributed by atoms with Crippen LogP contribution in [0.1, 0.15) is 36.8 Å². The molecule has 0 bridgehead atoms. The Balaban J connectivity index is 0.00000306. The Kier molecular flexibility index (Phi) is 12.7. The van der Waals surface area contributed by atoms with Gasteiger partial charge in [0, 0.05) is 55.6 Å². The second-order valence-electron chi connectivity index (χ2n) is 8.21. The van der Waals surface area contributed by atoms with Crippen LogP contribution in [0.5, 0.6) is 0 Å². The van der Waals surface area contributed by atoms with Gasteiger partial charge in [0.1, 0.15) is 0 Å². The molecule has 2 aromatic rings. The molecule has 0 heterocycles. The van der Waals surface area contributed by atoms with Crippen LogP contribution in [-0.2, 0) is 14.4 Å². The molecule has 3 rings (SSSR count). The first-order chi connectivity index (χ1) is 15.9. The number of carbonyl (C=O) groups excluding carboxylic acids is 3. The molecule has 1 aliphatic carbocycles. The maximum atomic E-state index is 12.9. The van der Waals surface area contributed by atoms with E-state index in [1.807, 2.05) is 90.9 Å². The summed E-state index contributed by atoms with van der Waals surface area (Å²) in [5, 5.41) is 10.6. The van der Waals surface area contributed by atoms with Crippen molar-refractivity contribution in [2.45, 2.75) is 25.7 Å². The molecule has 35 heavy (non-hydrogen) atoms. The molecule has 8 heteroatoms. The van der Waals surface area contributed by atoms with Gasteiger partial charge in [0.25, 0.3) is 0 Å². The molecule has 2 aromatic carbocycles. The predicted molar refractivity (Wildman–Crippen MR) is 131 cm³/mol. The number of allylic oxidation sites excluding steroid dienone is 2. The SMILES string of the molecule is CN(CC[C-]=O)c1ccc(/C=C2\CC/C(=C\c3ccc(N(C)CCC(=O)[O-])cc3)C2=O)cc1.[Na+].[OH-]. The first kappa shape index (κ1) is 30.3. The summed E-state index contributed by atoms with van der Waals surface area (Å²) in [6.07, 6.45) is 7.54. The van der Waals surface area contributed by atoms with Gasteiger partial charge in [-0.25, -0.2) is 0 Å². The van der Waals surface area contributed by atoms with E-state index in [1.54, 1.807) is 0 Å². The third kappa shape index (κ3) is 8.78. The fraction of sp³-hybridized carbons (Fsp3) is 0.296. The summed E-state index contributed by atoms with van der Waals surface area (Å²) in [5.74, 6) is -0.990. The van der Waals surface area contributed by atoms with Crippen molar-refractivity contribution < 1.29 is 54.5 Å². The Hall–Kier alpha value is -2.71. The van der Waals surface area contributed by atoms with Crippen molar-refractivity contribution in [2.75, 3.05) is 37.0 Å². The molecule has 0 aromatic heterocycles. The van der Waals surface area contributed by atoms with Crippen molar-refractivity contribution in [3.8, 4) is 0 Å². The van der Waals surface area contributed by atoms with Gasteiger partial charge in [0.05, 0.1) is 0 Å². The Morgan fingerprint density at radius 2 is 1.31 bits per heavy atom. The van der Waals surface area contributed by atoms with E-state index in [2.05, 4.69) is 0 Å². The molecule has 1 saturated carbocycles. The molecule has 0 radical (unpaired) electrons. The number of carboxylic acids is 1. The van der Waals surface area contributed by atoms with Crippen molar-refractivity contribution in [1.82, 2.24) is 0 Å². The first-order valence-corrected chi connectivity index (χ1v) is 11.0. The molecule has 0 unspecified atom stereocenters. The number of Topliss-reactive ketones (excluding diaryl/α,β-unsaturated/α-hetero) is 1. The normalized spacial score (nSPS) is 14.9. The Morgan fingerprint density at radius 3 is 1.71 bits per heavy atom. The Labute approximate surface area is 228 Å². The minimum atomic E-state index is -1.07. The number of benzene rings is 2. The number of ketones is 1. The van der Waals surface area contributed by atoms with Gasteiger partial charge in [0.15, 0.2) is 5.78 Å². The molecule has 180 valence electrons. The van der Waals surface area contributed by atoms with Crippen LogP contribution < -0.4 is 44.5 Å². The second kappa shape index (κ2) is 14.6. The standard InChI is InChI=1S/C27H29N2O4.Na.H2O/c1-28(15-3-17-30)24-10-4-20(5-11-24)18-22-8-9-23(27(22)33)19-21-6-12-25(13-7-21)29(2)16-14-26(31)32;;/h4-7,10-13,18-19H,3,8-9,14-16H2,1-2H3,(H,31,32);;1H2/q-1;+1;/p-2/b22-18+,23-19+;;. The van der Waals surface area contributed by atoms with Crippen LogP contribution >= 0.6 is 0 Å². The minimum Gasteiger partial charge on any atom is -0.870 e. The van der Waals surface area contributed by atoms with Gasteiger partial charge in [-0.1, -0.05) is 24.3 Å². The van der Waals surface area contributed by atoms with E-state index >= 15 is 0 Å². The molecular formula is C27H29N2NaO5-2. The maximum absolute atomic E-state index is 12.9. The molecule has 0 aliphatic heterocycles. The molecular weight excluding hydrogens is 455 g/mol. The predicted octanol–water partition coefficient (Wildman–Crippen LogP) is -0.144. The van der Waals surface area contributed by atoms with Gasteiger partial charge in [-0.3, -0.25) is 11.1 Å². The van der Waals surface area contributed by atoms with Gasteiger partial charge in [-0.15, -0.1) is 6.42 Å². The van der Waals surface area contributed by atoms with Gasteiger partial charge in [-0.05, 0) is 66.9 Å². The van der Waals surface area contributed by atoms with E-state index in [0.717, 1.165) is 33.6 Å². The zero-order valence-corrected chi connectivity index (χ0v) is 22.5. The van der Waals surface area contributed by atoms with Crippen LogP contribution in [0.15, 0.2) is 59.7 Å². The van der Waals surface area contributed by atoms with Gasteiger partial charge in [-0.2, -0.15) is 0 Å². The smallest absolute Gasteiger partial charge is 0.870 e. The van der Waals surface area contributed by atoms with Crippen molar-refractivity contribution in [3.05, 3.63) is 70.8 Å². The monoisotopic (exact) mass is 484 g/mol. The fourth-order valence-electron chi connectivity index (χ4n) is 3.76. The number of nitrogens with zero attached hydrogens (tertiary/aromatic N) is 2. The van der Waals surface area contributed by atoms with Crippen LogP contribution in [0.25, 0.3) is 12.2 Å². The van der Waals surface area contributed by atoms with E-state index < -0.39 is 5.97 Å². The van der Waals surface area contributed by atoms with Crippen LogP contribution in [0, 0.1) is 0 Å². The summed E-state index contributed by atoms with van der Waals surface area (Å²) < 4.78 is 0. The van der Waals surface area contributed by atoms with E-state index in [1.165, 1.54) is 0 Å². The van der Waals surface area contributed by atoms with E-state index in [-0.39, 0.29) is 47.2 Å². The molecule has 7 nitrogen and oxygen atoms in total. The van der Waals surface area contributed by atoms with Crippen LogP contribution in [0.4, 0.5) is 11.4 Å². The molecule has 0 saturated heterocycles. The average molecular weight is 485 g/mol. The number of carbonyl (C=O) groups is 2. The summed E-state index contributed by atoms with van der Waals surface area (Å²) in [6.45, 7) is 0.998. The number of anilines is 2. The van der Waals surface area contributed by atoms with Gasteiger partial charge < -0.3 is 30.0 Å². The summed E-state index contributed by atoms with van der Waals surface area (Å²) in [7, 11) is 3.77. The van der Waals surface area contributed by atoms with Crippen molar-refractivity contribution in [1.29, 1.82) is 0 Å². The number of hydrogen-bond acceptors (Lipinski definition) is 7. The van der Waals surface area contributed by atoms with Crippen LogP contribution in [0.2, 0.25) is 0 Å². The molecule has 1 fully saturated rings.